The second-order valence-electron chi connectivity index (χ2n) is 8.95. The lowest BCUT2D eigenvalue weighted by molar-refractivity contribution is -0.384. The van der Waals surface area contributed by atoms with Gasteiger partial charge in [-0.1, -0.05) is 6.92 Å². The maximum absolute atomic E-state index is 13.0. The Morgan fingerprint density at radius 3 is 2.16 bits per heavy atom. The number of carbonyl (C=O) groups is 1. The first kappa shape index (κ1) is 22.8. The Labute approximate surface area is 189 Å². The maximum atomic E-state index is 13.0. The van der Waals surface area contributed by atoms with E-state index in [0.29, 0.717) is 50.9 Å². The second-order valence-corrected chi connectivity index (χ2v) is 10.9. The zero-order valence-electron chi connectivity index (χ0n) is 18.5. The van der Waals surface area contributed by atoms with Crippen molar-refractivity contribution in [3.8, 4) is 0 Å². The molecule has 0 aliphatic carbocycles. The fourth-order valence-corrected chi connectivity index (χ4v) is 6.19. The molecule has 3 saturated heterocycles. The average Bonchev–Trinajstić information content (AvgIpc) is 3.33. The van der Waals surface area contributed by atoms with Gasteiger partial charge in [0.1, 0.15) is 5.69 Å². The summed E-state index contributed by atoms with van der Waals surface area (Å²) < 4.78 is 27.5. The van der Waals surface area contributed by atoms with Gasteiger partial charge in [0.05, 0.1) is 9.82 Å². The molecular formula is C21H31N5O5S. The van der Waals surface area contributed by atoms with Crippen molar-refractivity contribution in [3.63, 3.8) is 0 Å². The summed E-state index contributed by atoms with van der Waals surface area (Å²) in [5.41, 5.74) is 0.185. The molecule has 3 heterocycles. The lowest BCUT2D eigenvalue weighted by Gasteiger charge is -2.37. The van der Waals surface area contributed by atoms with E-state index in [-0.39, 0.29) is 16.6 Å². The van der Waals surface area contributed by atoms with Crippen LogP contribution in [0.15, 0.2) is 23.1 Å². The zero-order valence-corrected chi connectivity index (χ0v) is 19.3. The smallest absolute Gasteiger partial charge is 0.320 e. The molecule has 2 amide bonds. The van der Waals surface area contributed by atoms with E-state index in [9.17, 15) is 23.3 Å². The first-order valence-electron chi connectivity index (χ1n) is 11.3. The van der Waals surface area contributed by atoms with Gasteiger partial charge in [-0.2, -0.15) is 4.31 Å². The van der Waals surface area contributed by atoms with E-state index in [2.05, 4.69) is 6.92 Å². The molecule has 10 nitrogen and oxygen atoms in total. The third-order valence-electron chi connectivity index (χ3n) is 6.79. The van der Waals surface area contributed by atoms with Gasteiger partial charge in [0.15, 0.2) is 0 Å². The lowest BCUT2D eigenvalue weighted by Crippen LogP contribution is -2.52. The van der Waals surface area contributed by atoms with Gasteiger partial charge in [-0.3, -0.25) is 10.1 Å². The van der Waals surface area contributed by atoms with Crippen molar-refractivity contribution in [3.05, 3.63) is 28.3 Å². The quantitative estimate of drug-likeness (QED) is 0.499. The molecule has 0 spiro atoms. The molecule has 3 fully saturated rings. The average molecular weight is 466 g/mol. The van der Waals surface area contributed by atoms with E-state index in [1.54, 1.807) is 4.90 Å². The fourth-order valence-electron chi connectivity index (χ4n) is 4.70. The van der Waals surface area contributed by atoms with Gasteiger partial charge in [0, 0.05) is 58.4 Å². The number of amides is 2. The van der Waals surface area contributed by atoms with Crippen molar-refractivity contribution in [2.24, 2.45) is 5.92 Å². The molecule has 3 aliphatic heterocycles. The van der Waals surface area contributed by atoms with E-state index < -0.39 is 14.9 Å². The van der Waals surface area contributed by atoms with E-state index in [1.807, 2.05) is 9.80 Å². The summed E-state index contributed by atoms with van der Waals surface area (Å²) in [5.74, 6) is 0.481. The fraction of sp³-hybridized carbons (Fsp3) is 0.667. The van der Waals surface area contributed by atoms with E-state index in [1.165, 1.54) is 22.5 Å². The number of anilines is 1. The Hall–Kier alpha value is -2.40. The topological polar surface area (TPSA) is 107 Å². The number of rotatable bonds is 4. The number of likely N-dealkylation sites (tertiary alicyclic amines) is 1. The Balaban J connectivity index is 1.49. The van der Waals surface area contributed by atoms with Crippen molar-refractivity contribution in [1.29, 1.82) is 0 Å². The van der Waals surface area contributed by atoms with Gasteiger partial charge >= 0.3 is 6.03 Å². The number of carbonyl (C=O) groups excluding carboxylic acids is 1. The SMILES string of the molecule is CC1CCN(S(=O)(=O)c2ccc(N3CCN(C(=O)N4CCCC4)CC3)c([N+](=O)[O-])c2)CC1. The van der Waals surface area contributed by atoms with E-state index in [4.69, 9.17) is 0 Å². The van der Waals surface area contributed by atoms with Crippen LogP contribution in [0.5, 0.6) is 0 Å². The van der Waals surface area contributed by atoms with Gasteiger partial charge in [-0.15, -0.1) is 0 Å². The van der Waals surface area contributed by atoms with Crippen LogP contribution >= 0.6 is 0 Å². The molecule has 0 N–H and O–H groups in total. The third kappa shape index (κ3) is 4.54. The molecule has 4 rings (SSSR count). The van der Waals surface area contributed by atoms with Crippen LogP contribution in [0, 0.1) is 16.0 Å². The zero-order chi connectivity index (χ0) is 22.9. The molecule has 0 radical (unpaired) electrons. The number of nitro groups is 1. The van der Waals surface area contributed by atoms with Crippen LogP contribution in [0.4, 0.5) is 16.2 Å². The molecule has 0 atom stereocenters. The summed E-state index contributed by atoms with van der Waals surface area (Å²) in [6.45, 7) is 6.46. The van der Waals surface area contributed by atoms with Crippen molar-refractivity contribution >= 4 is 27.4 Å². The number of piperidine rings is 1. The Bertz CT molecular complexity index is 963. The largest absolute Gasteiger partial charge is 0.362 e. The van der Waals surface area contributed by atoms with E-state index in [0.717, 1.165) is 38.8 Å². The number of urea groups is 1. The maximum Gasteiger partial charge on any atom is 0.320 e. The van der Waals surface area contributed by atoms with Crippen LogP contribution in [-0.4, -0.2) is 85.8 Å². The van der Waals surface area contributed by atoms with E-state index >= 15 is 0 Å². The predicted molar refractivity (Wildman–Crippen MR) is 120 cm³/mol. The first-order chi connectivity index (χ1) is 15.3. The molecule has 1 aromatic rings. The minimum atomic E-state index is -3.77. The number of piperazine rings is 1. The molecule has 0 bridgehead atoms. The monoisotopic (exact) mass is 465 g/mol. The van der Waals surface area contributed by atoms with Crippen molar-refractivity contribution in [2.45, 2.75) is 37.5 Å². The highest BCUT2D eigenvalue weighted by atomic mass is 32.2. The lowest BCUT2D eigenvalue weighted by atomic mass is 10.0. The molecule has 32 heavy (non-hydrogen) atoms. The minimum Gasteiger partial charge on any atom is -0.362 e. The number of benzene rings is 1. The summed E-state index contributed by atoms with van der Waals surface area (Å²) >= 11 is 0. The van der Waals surface area contributed by atoms with Crippen LogP contribution in [0.3, 0.4) is 0 Å². The van der Waals surface area contributed by atoms with Gasteiger partial charge in [-0.25, -0.2) is 13.2 Å². The summed E-state index contributed by atoms with van der Waals surface area (Å²) in [5, 5.41) is 11.8. The number of sulfonamides is 1. The van der Waals surface area contributed by atoms with Crippen molar-refractivity contribution in [1.82, 2.24) is 14.1 Å². The molecule has 0 aromatic heterocycles. The standard InChI is InChI=1S/C21H31N5O5S/c1-17-6-10-25(11-7-17)32(30,31)18-4-5-19(20(16-18)26(28)29)22-12-14-24(15-13-22)21(27)23-8-2-3-9-23/h4-5,16-17H,2-3,6-15H2,1H3. The van der Waals surface area contributed by atoms with Crippen molar-refractivity contribution in [2.75, 3.05) is 57.3 Å². The molecule has 11 heteroatoms. The van der Waals surface area contributed by atoms with Gasteiger partial charge in [-0.05, 0) is 43.7 Å². The van der Waals surface area contributed by atoms with Crippen LogP contribution < -0.4 is 4.90 Å². The number of nitro benzene ring substituents is 1. The Morgan fingerprint density at radius 1 is 0.969 bits per heavy atom. The van der Waals surface area contributed by atoms with Gasteiger partial charge < -0.3 is 14.7 Å². The molecule has 0 saturated carbocycles. The van der Waals surface area contributed by atoms with Crippen molar-refractivity contribution < 1.29 is 18.1 Å². The van der Waals surface area contributed by atoms with Crippen LogP contribution in [0.1, 0.15) is 32.6 Å². The molecular weight excluding hydrogens is 434 g/mol. The molecule has 1 aromatic carbocycles. The highest BCUT2D eigenvalue weighted by Gasteiger charge is 2.32. The van der Waals surface area contributed by atoms with Crippen LogP contribution in [0.25, 0.3) is 0 Å². The summed E-state index contributed by atoms with van der Waals surface area (Å²) in [4.78, 5) is 29.4. The number of hydrogen-bond donors (Lipinski definition) is 0. The molecule has 0 unspecified atom stereocenters. The molecule has 3 aliphatic rings. The minimum absolute atomic E-state index is 0.0361. The van der Waals surface area contributed by atoms with Crippen LogP contribution in [-0.2, 0) is 10.0 Å². The molecule has 176 valence electrons. The highest BCUT2D eigenvalue weighted by molar-refractivity contribution is 7.89. The normalized spacial score (nSPS) is 21.2. The summed E-state index contributed by atoms with van der Waals surface area (Å²) in [6.07, 6.45) is 3.65. The summed E-state index contributed by atoms with van der Waals surface area (Å²) in [6, 6.07) is 4.23. The summed E-state index contributed by atoms with van der Waals surface area (Å²) in [7, 11) is -3.77. The Kier molecular flexibility index (Phi) is 6.57. The Morgan fingerprint density at radius 2 is 1.56 bits per heavy atom. The number of nitrogens with zero attached hydrogens (tertiary/aromatic N) is 5. The first-order valence-corrected chi connectivity index (χ1v) is 12.8. The third-order valence-corrected chi connectivity index (χ3v) is 8.69. The predicted octanol–water partition coefficient (Wildman–Crippen LogP) is 2.35. The van der Waals surface area contributed by atoms with Crippen LogP contribution in [0.2, 0.25) is 0 Å². The second kappa shape index (κ2) is 9.22. The highest BCUT2D eigenvalue weighted by Crippen LogP contribution is 2.33. The number of hydrogen-bond acceptors (Lipinski definition) is 6. The van der Waals surface area contributed by atoms with Gasteiger partial charge in [0.25, 0.3) is 5.69 Å². The van der Waals surface area contributed by atoms with Gasteiger partial charge in [0.2, 0.25) is 10.0 Å².